The van der Waals surface area contributed by atoms with Gasteiger partial charge in [-0.3, -0.25) is 19.3 Å². The molecule has 0 aliphatic carbocycles. The Bertz CT molecular complexity index is 1060. The minimum absolute atomic E-state index is 0.0229. The number of sulfonamides is 1. The molecule has 0 atom stereocenters. The van der Waals surface area contributed by atoms with Crippen molar-refractivity contribution in [3.63, 3.8) is 0 Å². The maximum atomic E-state index is 12.3. The highest BCUT2D eigenvalue weighted by molar-refractivity contribution is 7.89. The first-order valence-corrected chi connectivity index (χ1v) is 11.0. The third kappa shape index (κ3) is 4.74. The standard InChI is InChI=1S/C21H23N3O5S/c1-14(2)23-30(28,29)16-7-5-6-15(12-16)13-22-19(25)10-11-24-20(26)17-8-3-4-9-18(17)21(24)27/h3-9,12,14,23H,10-11,13H2,1-2H3,(H,22,25). The Labute approximate surface area is 175 Å². The summed E-state index contributed by atoms with van der Waals surface area (Å²) < 4.78 is 27.0. The summed E-state index contributed by atoms with van der Waals surface area (Å²) in [6, 6.07) is 12.6. The van der Waals surface area contributed by atoms with Gasteiger partial charge in [-0.15, -0.1) is 0 Å². The quantitative estimate of drug-likeness (QED) is 0.620. The highest BCUT2D eigenvalue weighted by atomic mass is 32.2. The van der Waals surface area contributed by atoms with Crippen molar-refractivity contribution in [1.29, 1.82) is 0 Å². The highest BCUT2D eigenvalue weighted by Gasteiger charge is 2.34. The first-order valence-electron chi connectivity index (χ1n) is 9.52. The number of benzene rings is 2. The van der Waals surface area contributed by atoms with E-state index in [1.54, 1.807) is 50.2 Å². The van der Waals surface area contributed by atoms with Crippen LogP contribution in [0.15, 0.2) is 53.4 Å². The van der Waals surface area contributed by atoms with Crippen molar-refractivity contribution in [2.24, 2.45) is 0 Å². The number of hydrogen-bond donors (Lipinski definition) is 2. The van der Waals surface area contributed by atoms with Gasteiger partial charge in [0.25, 0.3) is 11.8 Å². The molecule has 3 amide bonds. The van der Waals surface area contributed by atoms with Crippen molar-refractivity contribution < 1.29 is 22.8 Å². The molecule has 0 aromatic heterocycles. The summed E-state index contributed by atoms with van der Waals surface area (Å²) in [7, 11) is -3.62. The average molecular weight is 429 g/mol. The van der Waals surface area contributed by atoms with E-state index in [-0.39, 0.29) is 36.4 Å². The lowest BCUT2D eigenvalue weighted by Crippen LogP contribution is -2.34. The molecule has 1 aliphatic rings. The molecule has 30 heavy (non-hydrogen) atoms. The third-order valence-electron chi connectivity index (χ3n) is 4.53. The summed E-state index contributed by atoms with van der Waals surface area (Å²) in [5, 5.41) is 2.69. The molecule has 9 heteroatoms. The van der Waals surface area contributed by atoms with E-state index in [9.17, 15) is 22.8 Å². The maximum Gasteiger partial charge on any atom is 0.261 e. The van der Waals surface area contributed by atoms with Crippen molar-refractivity contribution in [2.45, 2.75) is 37.8 Å². The molecule has 2 aromatic carbocycles. The fourth-order valence-electron chi connectivity index (χ4n) is 3.15. The molecule has 8 nitrogen and oxygen atoms in total. The largest absolute Gasteiger partial charge is 0.352 e. The number of carbonyl (C=O) groups excluding carboxylic acids is 3. The van der Waals surface area contributed by atoms with Crippen molar-refractivity contribution in [1.82, 2.24) is 14.9 Å². The van der Waals surface area contributed by atoms with Crippen LogP contribution < -0.4 is 10.0 Å². The van der Waals surface area contributed by atoms with Gasteiger partial charge >= 0.3 is 0 Å². The van der Waals surface area contributed by atoms with Crippen LogP contribution in [-0.4, -0.2) is 43.6 Å². The maximum absolute atomic E-state index is 12.3. The molecule has 0 fully saturated rings. The summed E-state index contributed by atoms with van der Waals surface area (Å²) in [5.41, 5.74) is 1.31. The highest BCUT2D eigenvalue weighted by Crippen LogP contribution is 2.22. The fraction of sp³-hybridized carbons (Fsp3) is 0.286. The number of nitrogens with zero attached hydrogens (tertiary/aromatic N) is 1. The summed E-state index contributed by atoms with van der Waals surface area (Å²) in [6.07, 6.45) is -0.0433. The predicted molar refractivity (Wildman–Crippen MR) is 110 cm³/mol. The molecular weight excluding hydrogens is 406 g/mol. The first-order chi connectivity index (χ1) is 14.2. The number of imide groups is 1. The van der Waals surface area contributed by atoms with Gasteiger partial charge in [0.05, 0.1) is 16.0 Å². The van der Waals surface area contributed by atoms with Gasteiger partial charge in [-0.2, -0.15) is 0 Å². The summed E-state index contributed by atoms with van der Waals surface area (Å²) >= 11 is 0. The Kier molecular flexibility index (Phi) is 6.33. The van der Waals surface area contributed by atoms with Crippen molar-refractivity contribution in [3.05, 3.63) is 65.2 Å². The van der Waals surface area contributed by atoms with Crippen LogP contribution in [0.2, 0.25) is 0 Å². The number of nitrogens with one attached hydrogen (secondary N) is 2. The number of fused-ring (bicyclic) bond motifs is 1. The smallest absolute Gasteiger partial charge is 0.261 e. The minimum atomic E-state index is -3.62. The van der Waals surface area contributed by atoms with Gasteiger partial charge in [0.15, 0.2) is 0 Å². The molecule has 0 unspecified atom stereocenters. The van der Waals surface area contributed by atoms with Gasteiger partial charge in [0, 0.05) is 25.6 Å². The van der Waals surface area contributed by atoms with E-state index in [0.29, 0.717) is 16.7 Å². The van der Waals surface area contributed by atoms with Gasteiger partial charge in [0.1, 0.15) is 0 Å². The lowest BCUT2D eigenvalue weighted by molar-refractivity contribution is -0.121. The first kappa shape index (κ1) is 21.7. The Balaban J connectivity index is 1.55. The van der Waals surface area contributed by atoms with Crippen LogP contribution in [0.1, 0.15) is 46.5 Å². The van der Waals surface area contributed by atoms with E-state index in [4.69, 9.17) is 0 Å². The second-order valence-electron chi connectivity index (χ2n) is 7.26. The second kappa shape index (κ2) is 8.76. The van der Waals surface area contributed by atoms with Gasteiger partial charge in [0.2, 0.25) is 15.9 Å². The second-order valence-corrected chi connectivity index (χ2v) is 8.97. The topological polar surface area (TPSA) is 113 Å². The lowest BCUT2D eigenvalue weighted by atomic mass is 10.1. The molecule has 1 heterocycles. The fourth-order valence-corrected chi connectivity index (χ4v) is 4.47. The molecule has 0 radical (unpaired) electrons. The molecule has 2 N–H and O–H groups in total. The summed E-state index contributed by atoms with van der Waals surface area (Å²) in [6.45, 7) is 3.57. The number of hydrogen-bond acceptors (Lipinski definition) is 5. The number of carbonyl (C=O) groups is 3. The molecule has 158 valence electrons. The van der Waals surface area contributed by atoms with Gasteiger partial charge < -0.3 is 5.32 Å². The Morgan fingerprint density at radius 1 is 1.00 bits per heavy atom. The molecule has 0 saturated heterocycles. The van der Waals surface area contributed by atoms with Gasteiger partial charge in [-0.25, -0.2) is 13.1 Å². The molecule has 0 bridgehead atoms. The number of amides is 3. The van der Waals surface area contributed by atoms with Crippen LogP contribution in [0.4, 0.5) is 0 Å². The minimum Gasteiger partial charge on any atom is -0.352 e. The zero-order valence-corrected chi connectivity index (χ0v) is 17.5. The van der Waals surface area contributed by atoms with Crippen LogP contribution in [0, 0.1) is 0 Å². The van der Waals surface area contributed by atoms with Crippen LogP contribution in [0.25, 0.3) is 0 Å². The Morgan fingerprint density at radius 3 is 2.23 bits per heavy atom. The van der Waals surface area contributed by atoms with Crippen molar-refractivity contribution in [2.75, 3.05) is 6.54 Å². The summed E-state index contributed by atoms with van der Waals surface area (Å²) in [4.78, 5) is 38.0. The van der Waals surface area contributed by atoms with Crippen LogP contribution in [0.3, 0.4) is 0 Å². The van der Waals surface area contributed by atoms with Crippen LogP contribution in [0.5, 0.6) is 0 Å². The monoisotopic (exact) mass is 429 g/mol. The van der Waals surface area contributed by atoms with E-state index in [1.165, 1.54) is 12.1 Å². The van der Waals surface area contributed by atoms with Crippen LogP contribution >= 0.6 is 0 Å². The van der Waals surface area contributed by atoms with Gasteiger partial charge in [-0.1, -0.05) is 24.3 Å². The SMILES string of the molecule is CC(C)NS(=O)(=O)c1cccc(CNC(=O)CCN2C(=O)c3ccccc3C2=O)c1. The van der Waals surface area contributed by atoms with E-state index >= 15 is 0 Å². The Morgan fingerprint density at radius 2 is 1.63 bits per heavy atom. The van der Waals surface area contributed by atoms with Crippen LogP contribution in [-0.2, 0) is 21.4 Å². The molecule has 3 rings (SSSR count). The normalized spacial score (nSPS) is 13.6. The third-order valence-corrected chi connectivity index (χ3v) is 6.19. The molecule has 0 spiro atoms. The molecular formula is C21H23N3O5S. The zero-order valence-electron chi connectivity index (χ0n) is 16.7. The van der Waals surface area contributed by atoms with Crippen molar-refractivity contribution >= 4 is 27.7 Å². The summed E-state index contributed by atoms with van der Waals surface area (Å²) in [5.74, 6) is -1.15. The van der Waals surface area contributed by atoms with Crippen molar-refractivity contribution in [3.8, 4) is 0 Å². The Hall–Kier alpha value is -3.04. The zero-order chi connectivity index (χ0) is 21.9. The van der Waals surface area contributed by atoms with E-state index in [1.807, 2.05) is 0 Å². The molecule has 2 aromatic rings. The van der Waals surface area contributed by atoms with Gasteiger partial charge in [-0.05, 0) is 43.7 Å². The average Bonchev–Trinajstić information content (AvgIpc) is 2.94. The van der Waals surface area contributed by atoms with E-state index < -0.39 is 21.8 Å². The lowest BCUT2D eigenvalue weighted by Gasteiger charge is -2.14. The number of rotatable bonds is 8. The predicted octanol–water partition coefficient (Wildman–Crippen LogP) is 1.68. The molecule has 1 aliphatic heterocycles. The molecule has 0 saturated carbocycles. The van der Waals surface area contributed by atoms with E-state index in [0.717, 1.165) is 4.90 Å². The van der Waals surface area contributed by atoms with E-state index in [2.05, 4.69) is 10.0 Å².